The van der Waals surface area contributed by atoms with Crippen molar-refractivity contribution >= 4 is 16.4 Å². The maximum atomic E-state index is 11.3. The van der Waals surface area contributed by atoms with Gasteiger partial charge in [0.2, 0.25) is 12.0 Å². The van der Waals surface area contributed by atoms with Gasteiger partial charge in [0.25, 0.3) is 0 Å². The van der Waals surface area contributed by atoms with E-state index in [0.717, 1.165) is 6.08 Å². The Morgan fingerprint density at radius 1 is 1.05 bits per heavy atom. The fraction of sp³-hybridized carbons (Fsp3) is 0.864. The van der Waals surface area contributed by atoms with Crippen molar-refractivity contribution in [2.45, 2.75) is 69.0 Å². The molecule has 3 aliphatic rings. The van der Waals surface area contributed by atoms with E-state index in [2.05, 4.69) is 4.18 Å². The quantitative estimate of drug-likeness (QED) is 0.119. The lowest BCUT2D eigenvalue weighted by Crippen LogP contribution is -2.59. The third-order valence-electron chi connectivity index (χ3n) is 7.10. The summed E-state index contributed by atoms with van der Waals surface area (Å²) in [6.07, 6.45) is -10.5. The number of aliphatic carboxylic acids is 1. The van der Waals surface area contributed by atoms with Crippen LogP contribution in [0.2, 0.25) is 0 Å². The molecular weight excluding hydrogens is 552 g/mol. The van der Waals surface area contributed by atoms with Gasteiger partial charge in [-0.05, 0) is 13.0 Å². The van der Waals surface area contributed by atoms with Gasteiger partial charge in [0.15, 0.2) is 0 Å². The zero-order valence-corrected chi connectivity index (χ0v) is 22.1. The molecule has 0 bridgehead atoms. The smallest absolute Gasteiger partial charge is 0.397 e. The molecule has 12 atom stereocenters. The Bertz CT molecular complexity index is 958. The van der Waals surface area contributed by atoms with E-state index in [9.17, 15) is 43.9 Å². The Morgan fingerprint density at radius 2 is 1.74 bits per heavy atom. The Kier molecular flexibility index (Phi) is 11.1. The van der Waals surface area contributed by atoms with Crippen LogP contribution in [-0.4, -0.2) is 138 Å². The van der Waals surface area contributed by atoms with Gasteiger partial charge in [-0.25, -0.2) is 8.98 Å². The second kappa shape index (κ2) is 13.5. The number of carboxylic acid groups (broad SMARTS) is 1. The molecule has 3 heterocycles. The molecule has 2 saturated heterocycles. The zero-order chi connectivity index (χ0) is 29.1. The molecule has 0 aliphatic carbocycles. The summed E-state index contributed by atoms with van der Waals surface area (Å²) >= 11 is 0. The fourth-order valence-corrected chi connectivity index (χ4v) is 5.19. The van der Waals surface area contributed by atoms with E-state index in [0.29, 0.717) is 0 Å². The standard InChI is InChI=1S/C22H36O16S/c1-9-13(24)3-14(21(28)29)37-22(9)35-6-11-5-34-15(4-23)18(26)12(11)7-33-8-16-19(27)20(38-39(30,31)32)17(25)10(2)36-16/h3,9-13,15-20,22-27H,4-8H2,1-2H3,(H,28,29)(H,30,31,32). The highest BCUT2D eigenvalue weighted by Gasteiger charge is 2.46. The minimum atomic E-state index is -4.99. The second-order valence-corrected chi connectivity index (χ2v) is 10.9. The number of carboxylic acids is 1. The van der Waals surface area contributed by atoms with Gasteiger partial charge < -0.3 is 54.3 Å². The van der Waals surface area contributed by atoms with Gasteiger partial charge in [-0.2, -0.15) is 8.42 Å². The Hall–Kier alpha value is -1.48. The molecule has 226 valence electrons. The molecule has 2 fully saturated rings. The van der Waals surface area contributed by atoms with Crippen molar-refractivity contribution in [3.63, 3.8) is 0 Å². The predicted octanol–water partition coefficient (Wildman–Crippen LogP) is -2.98. The van der Waals surface area contributed by atoms with Crippen molar-refractivity contribution in [3.05, 3.63) is 11.8 Å². The molecule has 3 rings (SSSR count). The number of hydrogen-bond acceptors (Lipinski definition) is 14. The van der Waals surface area contributed by atoms with Crippen molar-refractivity contribution in [3.8, 4) is 0 Å². The summed E-state index contributed by atoms with van der Waals surface area (Å²) in [5.41, 5.74) is 0. The number of ether oxygens (including phenoxy) is 5. The first-order chi connectivity index (χ1) is 18.2. The average molecular weight is 589 g/mol. The first-order valence-electron chi connectivity index (χ1n) is 12.3. The summed E-state index contributed by atoms with van der Waals surface area (Å²) in [5, 5.41) is 60.2. The van der Waals surface area contributed by atoms with Gasteiger partial charge in [0, 0.05) is 17.8 Å². The van der Waals surface area contributed by atoms with Gasteiger partial charge in [0.1, 0.15) is 30.5 Å². The lowest BCUT2D eigenvalue weighted by Gasteiger charge is -2.42. The Balaban J connectivity index is 1.63. The molecule has 0 aromatic rings. The summed E-state index contributed by atoms with van der Waals surface area (Å²) in [6.45, 7) is 1.96. The third kappa shape index (κ3) is 8.05. The highest BCUT2D eigenvalue weighted by Crippen LogP contribution is 2.31. The van der Waals surface area contributed by atoms with Crippen LogP contribution in [-0.2, 0) is 43.1 Å². The van der Waals surface area contributed by atoms with Crippen molar-refractivity contribution in [1.82, 2.24) is 0 Å². The Labute approximate surface area is 224 Å². The zero-order valence-electron chi connectivity index (χ0n) is 21.3. The van der Waals surface area contributed by atoms with Crippen LogP contribution in [0.3, 0.4) is 0 Å². The van der Waals surface area contributed by atoms with Crippen molar-refractivity contribution < 1.29 is 76.3 Å². The van der Waals surface area contributed by atoms with Crippen molar-refractivity contribution in [1.29, 1.82) is 0 Å². The summed E-state index contributed by atoms with van der Waals surface area (Å²) in [5.74, 6) is -3.68. The largest absolute Gasteiger partial charge is 0.475 e. The first kappa shape index (κ1) is 32.0. The molecule has 0 aromatic heterocycles. The van der Waals surface area contributed by atoms with Gasteiger partial charge >= 0.3 is 16.4 Å². The molecule has 39 heavy (non-hydrogen) atoms. The molecule has 0 amide bonds. The molecule has 3 aliphatic heterocycles. The molecule has 0 radical (unpaired) electrons. The summed E-state index contributed by atoms with van der Waals surface area (Å²) < 4.78 is 63.4. The number of hydrogen-bond donors (Lipinski definition) is 7. The van der Waals surface area contributed by atoms with Gasteiger partial charge in [-0.3, -0.25) is 4.55 Å². The van der Waals surface area contributed by atoms with E-state index in [4.69, 9.17) is 28.2 Å². The van der Waals surface area contributed by atoms with Crippen molar-refractivity contribution in [2.75, 3.05) is 33.0 Å². The van der Waals surface area contributed by atoms with Crippen LogP contribution in [0.15, 0.2) is 11.8 Å². The molecule has 0 aromatic carbocycles. The molecule has 17 heteroatoms. The van der Waals surface area contributed by atoms with E-state index in [1.54, 1.807) is 6.92 Å². The summed E-state index contributed by atoms with van der Waals surface area (Å²) in [6, 6.07) is 0. The maximum absolute atomic E-state index is 11.3. The number of carbonyl (C=O) groups is 1. The lowest BCUT2D eigenvalue weighted by molar-refractivity contribution is -0.230. The third-order valence-corrected chi connectivity index (χ3v) is 7.56. The van der Waals surface area contributed by atoms with E-state index in [1.165, 1.54) is 6.92 Å². The first-order valence-corrected chi connectivity index (χ1v) is 13.7. The highest BCUT2D eigenvalue weighted by atomic mass is 32.3. The van der Waals surface area contributed by atoms with Gasteiger partial charge in [0.05, 0.1) is 51.3 Å². The Morgan fingerprint density at radius 3 is 2.36 bits per heavy atom. The van der Waals surface area contributed by atoms with E-state index in [1.807, 2.05) is 0 Å². The number of aliphatic hydroxyl groups is 5. The monoisotopic (exact) mass is 588 g/mol. The summed E-state index contributed by atoms with van der Waals surface area (Å²) in [7, 11) is -4.99. The van der Waals surface area contributed by atoms with E-state index < -0.39 is 102 Å². The predicted molar refractivity (Wildman–Crippen MR) is 125 cm³/mol. The molecule has 12 unspecified atom stereocenters. The molecule has 16 nitrogen and oxygen atoms in total. The minimum Gasteiger partial charge on any atom is -0.475 e. The van der Waals surface area contributed by atoms with Crippen LogP contribution in [0.4, 0.5) is 0 Å². The molecule has 0 saturated carbocycles. The molecule has 7 N–H and O–H groups in total. The topological polar surface area (TPSA) is 248 Å². The molecular formula is C22H36O16S. The van der Waals surface area contributed by atoms with Crippen LogP contribution in [0.25, 0.3) is 0 Å². The summed E-state index contributed by atoms with van der Waals surface area (Å²) in [4.78, 5) is 11.3. The molecule has 0 spiro atoms. The average Bonchev–Trinajstić information content (AvgIpc) is 2.86. The number of rotatable bonds is 11. The highest BCUT2D eigenvalue weighted by molar-refractivity contribution is 7.80. The van der Waals surface area contributed by atoms with Gasteiger partial charge in [-0.1, -0.05) is 6.92 Å². The van der Waals surface area contributed by atoms with E-state index in [-0.39, 0.29) is 26.4 Å². The van der Waals surface area contributed by atoms with Crippen LogP contribution >= 0.6 is 0 Å². The van der Waals surface area contributed by atoms with Crippen LogP contribution < -0.4 is 0 Å². The van der Waals surface area contributed by atoms with Crippen LogP contribution in [0.5, 0.6) is 0 Å². The SMILES string of the molecule is CC1OC(COCC2C(COC3OC(C(=O)O)=CC(O)C3C)COC(CO)C2O)C(O)C(OS(=O)(=O)O)C1O. The fourth-order valence-electron chi connectivity index (χ4n) is 4.69. The second-order valence-electron chi connectivity index (χ2n) is 9.86. The minimum absolute atomic E-state index is 0.0254. The number of aliphatic hydroxyl groups excluding tert-OH is 5. The normalized spacial score (nSPS) is 41.5. The van der Waals surface area contributed by atoms with Crippen molar-refractivity contribution in [2.24, 2.45) is 17.8 Å². The van der Waals surface area contributed by atoms with Crippen LogP contribution in [0.1, 0.15) is 13.8 Å². The van der Waals surface area contributed by atoms with Gasteiger partial charge in [-0.15, -0.1) is 0 Å². The van der Waals surface area contributed by atoms with E-state index >= 15 is 0 Å². The lowest BCUT2D eigenvalue weighted by atomic mass is 9.84. The van der Waals surface area contributed by atoms with Crippen LogP contribution in [0, 0.1) is 17.8 Å². The maximum Gasteiger partial charge on any atom is 0.397 e.